The Balaban J connectivity index is 1.35. The Morgan fingerprint density at radius 3 is 2.62 bits per heavy atom. The van der Waals surface area contributed by atoms with Crippen LogP contribution in [0.15, 0.2) is 36.5 Å². The van der Waals surface area contributed by atoms with Crippen molar-refractivity contribution in [1.29, 1.82) is 0 Å². The van der Waals surface area contributed by atoms with E-state index in [0.29, 0.717) is 11.8 Å². The lowest BCUT2D eigenvalue weighted by Crippen LogP contribution is -2.42. The van der Waals surface area contributed by atoms with Gasteiger partial charge in [0.25, 0.3) is 0 Å². The molecule has 5 rings (SSSR count). The van der Waals surface area contributed by atoms with Gasteiger partial charge in [-0.2, -0.15) is 0 Å². The number of aromatic nitrogens is 2. The third-order valence-corrected chi connectivity index (χ3v) is 6.98. The van der Waals surface area contributed by atoms with E-state index in [1.165, 1.54) is 54.0 Å². The second-order valence-corrected chi connectivity index (χ2v) is 8.45. The fourth-order valence-electron chi connectivity index (χ4n) is 4.16. The average molecular weight is 366 g/mol. The SMILES string of the molecule is COc1ccc(-c2ccc3nc(C4CC(N5CCCC5)C4)sc3c2)cn1. The molecule has 0 N–H and O–H groups in total. The molecule has 0 atom stereocenters. The van der Waals surface area contributed by atoms with E-state index in [0.717, 1.165) is 17.1 Å². The number of nitrogens with zero attached hydrogens (tertiary/aromatic N) is 3. The second kappa shape index (κ2) is 6.63. The van der Waals surface area contributed by atoms with Crippen molar-refractivity contribution >= 4 is 21.6 Å². The van der Waals surface area contributed by atoms with Crippen molar-refractivity contribution in [2.75, 3.05) is 20.2 Å². The molecule has 2 aliphatic rings. The number of rotatable bonds is 4. The van der Waals surface area contributed by atoms with Crippen LogP contribution < -0.4 is 4.74 Å². The van der Waals surface area contributed by atoms with Gasteiger partial charge in [0.2, 0.25) is 5.88 Å². The van der Waals surface area contributed by atoms with E-state index in [9.17, 15) is 0 Å². The maximum Gasteiger partial charge on any atom is 0.212 e. The monoisotopic (exact) mass is 365 g/mol. The summed E-state index contributed by atoms with van der Waals surface area (Å²) in [5.41, 5.74) is 3.42. The molecule has 0 radical (unpaired) electrons. The zero-order chi connectivity index (χ0) is 17.5. The van der Waals surface area contributed by atoms with Crippen molar-refractivity contribution in [3.63, 3.8) is 0 Å². The number of methoxy groups -OCH3 is 1. The van der Waals surface area contributed by atoms with E-state index in [4.69, 9.17) is 9.72 Å². The highest BCUT2D eigenvalue weighted by molar-refractivity contribution is 7.18. The van der Waals surface area contributed by atoms with Crippen molar-refractivity contribution in [2.45, 2.75) is 37.6 Å². The molecule has 0 bridgehead atoms. The van der Waals surface area contributed by atoms with Gasteiger partial charge in [-0.3, -0.25) is 0 Å². The molecule has 0 spiro atoms. The van der Waals surface area contributed by atoms with Crippen molar-refractivity contribution < 1.29 is 4.74 Å². The second-order valence-electron chi connectivity index (χ2n) is 7.39. The summed E-state index contributed by atoms with van der Waals surface area (Å²) in [7, 11) is 1.64. The van der Waals surface area contributed by atoms with E-state index in [1.54, 1.807) is 7.11 Å². The lowest BCUT2D eigenvalue weighted by atomic mass is 9.80. The number of benzene rings is 1. The van der Waals surface area contributed by atoms with Crippen LogP contribution in [0.2, 0.25) is 0 Å². The largest absolute Gasteiger partial charge is 0.481 e. The van der Waals surface area contributed by atoms with Gasteiger partial charge in [-0.25, -0.2) is 9.97 Å². The molecule has 2 aromatic heterocycles. The van der Waals surface area contributed by atoms with Crippen molar-refractivity contribution in [2.24, 2.45) is 0 Å². The first-order valence-electron chi connectivity index (χ1n) is 9.45. The van der Waals surface area contributed by atoms with Gasteiger partial charge in [0.05, 0.1) is 22.3 Å². The summed E-state index contributed by atoms with van der Waals surface area (Å²) in [6.07, 6.45) is 7.20. The molecule has 0 amide bonds. The number of fused-ring (bicyclic) bond motifs is 1. The van der Waals surface area contributed by atoms with Gasteiger partial charge in [-0.1, -0.05) is 6.07 Å². The topological polar surface area (TPSA) is 38.2 Å². The molecule has 5 heteroatoms. The van der Waals surface area contributed by atoms with Crippen LogP contribution in [0.1, 0.15) is 36.6 Å². The maximum absolute atomic E-state index is 5.15. The first kappa shape index (κ1) is 16.2. The Labute approximate surface area is 157 Å². The van der Waals surface area contributed by atoms with E-state index in [-0.39, 0.29) is 0 Å². The Hall–Kier alpha value is -1.98. The molecule has 3 aromatic rings. The molecule has 4 nitrogen and oxygen atoms in total. The number of pyridine rings is 1. The Bertz CT molecular complexity index is 909. The van der Waals surface area contributed by atoms with Crippen LogP contribution in [-0.2, 0) is 0 Å². The molecular formula is C21H23N3OS. The number of likely N-dealkylation sites (tertiary alicyclic amines) is 1. The van der Waals surface area contributed by atoms with Gasteiger partial charge in [-0.05, 0) is 62.5 Å². The summed E-state index contributed by atoms with van der Waals surface area (Å²) >= 11 is 1.87. The van der Waals surface area contributed by atoms with Crippen LogP contribution in [-0.4, -0.2) is 41.1 Å². The average Bonchev–Trinajstić information content (AvgIpc) is 3.30. The van der Waals surface area contributed by atoms with Gasteiger partial charge < -0.3 is 9.64 Å². The summed E-state index contributed by atoms with van der Waals surface area (Å²) in [6, 6.07) is 11.3. The number of hydrogen-bond donors (Lipinski definition) is 0. The molecular weight excluding hydrogens is 342 g/mol. The summed E-state index contributed by atoms with van der Waals surface area (Å²) < 4.78 is 6.42. The molecule has 3 heterocycles. The van der Waals surface area contributed by atoms with E-state index in [1.807, 2.05) is 23.6 Å². The normalized spacial score (nSPS) is 23.3. The minimum absolute atomic E-state index is 0.646. The molecule has 2 fully saturated rings. The minimum Gasteiger partial charge on any atom is -0.481 e. The molecule has 1 saturated carbocycles. The molecule has 1 aliphatic heterocycles. The lowest BCUT2D eigenvalue weighted by Gasteiger charge is -2.40. The van der Waals surface area contributed by atoms with Crippen molar-refractivity contribution in [1.82, 2.24) is 14.9 Å². The van der Waals surface area contributed by atoms with Crippen molar-refractivity contribution in [3.8, 4) is 17.0 Å². The predicted molar refractivity (Wildman–Crippen MR) is 106 cm³/mol. The van der Waals surface area contributed by atoms with Crippen LogP contribution in [0.5, 0.6) is 5.88 Å². The molecule has 0 unspecified atom stereocenters. The van der Waals surface area contributed by atoms with Gasteiger partial charge >= 0.3 is 0 Å². The maximum atomic E-state index is 5.15. The van der Waals surface area contributed by atoms with Crippen molar-refractivity contribution in [3.05, 3.63) is 41.5 Å². The quantitative estimate of drug-likeness (QED) is 0.671. The first-order valence-corrected chi connectivity index (χ1v) is 10.3. The van der Waals surface area contributed by atoms with E-state index < -0.39 is 0 Å². The Morgan fingerprint density at radius 1 is 1.08 bits per heavy atom. The highest BCUT2D eigenvalue weighted by Crippen LogP contribution is 2.43. The fourth-order valence-corrected chi connectivity index (χ4v) is 5.30. The number of hydrogen-bond acceptors (Lipinski definition) is 5. The van der Waals surface area contributed by atoms with Gasteiger partial charge in [0.15, 0.2) is 0 Å². The van der Waals surface area contributed by atoms with Gasteiger partial charge in [0.1, 0.15) is 0 Å². The lowest BCUT2D eigenvalue weighted by molar-refractivity contribution is 0.136. The molecule has 1 aromatic carbocycles. The van der Waals surface area contributed by atoms with Gasteiger partial charge in [-0.15, -0.1) is 11.3 Å². The number of thiazole rings is 1. The highest BCUT2D eigenvalue weighted by Gasteiger charge is 2.37. The van der Waals surface area contributed by atoms with Crippen LogP contribution in [0.3, 0.4) is 0 Å². The summed E-state index contributed by atoms with van der Waals surface area (Å²) in [5.74, 6) is 1.30. The predicted octanol–water partition coefficient (Wildman–Crippen LogP) is 4.71. The summed E-state index contributed by atoms with van der Waals surface area (Å²) in [6.45, 7) is 2.60. The standard InChI is InChI=1S/C21H23N3OS/c1-25-20-7-5-15(13-22-20)14-4-6-18-19(12-14)26-21(23-18)16-10-17(11-16)24-8-2-3-9-24/h4-7,12-13,16-17H,2-3,8-11H2,1H3. The summed E-state index contributed by atoms with van der Waals surface area (Å²) in [4.78, 5) is 11.9. The van der Waals surface area contributed by atoms with Gasteiger partial charge in [0, 0.05) is 29.8 Å². The zero-order valence-electron chi connectivity index (χ0n) is 15.0. The van der Waals surface area contributed by atoms with Crippen LogP contribution in [0.4, 0.5) is 0 Å². The first-order chi connectivity index (χ1) is 12.8. The van der Waals surface area contributed by atoms with E-state index in [2.05, 4.69) is 34.1 Å². The van der Waals surface area contributed by atoms with Crippen LogP contribution in [0.25, 0.3) is 21.3 Å². The molecule has 1 saturated heterocycles. The number of ether oxygens (including phenoxy) is 1. The molecule has 26 heavy (non-hydrogen) atoms. The smallest absolute Gasteiger partial charge is 0.212 e. The highest BCUT2D eigenvalue weighted by atomic mass is 32.1. The Morgan fingerprint density at radius 2 is 1.88 bits per heavy atom. The fraction of sp³-hybridized carbons (Fsp3) is 0.429. The van der Waals surface area contributed by atoms with Crippen LogP contribution in [0, 0.1) is 0 Å². The van der Waals surface area contributed by atoms with E-state index >= 15 is 0 Å². The van der Waals surface area contributed by atoms with Crippen LogP contribution >= 0.6 is 11.3 Å². The Kier molecular flexibility index (Phi) is 4.14. The minimum atomic E-state index is 0.646. The zero-order valence-corrected chi connectivity index (χ0v) is 15.8. The molecule has 134 valence electrons. The summed E-state index contributed by atoms with van der Waals surface area (Å²) in [5, 5.41) is 1.32. The molecule has 1 aliphatic carbocycles. The third kappa shape index (κ3) is 2.89. The third-order valence-electron chi connectivity index (χ3n) is 5.80.